The Balaban J connectivity index is 1.72. The highest BCUT2D eigenvalue weighted by molar-refractivity contribution is 6.31. The van der Waals surface area contributed by atoms with Crippen LogP contribution in [0.5, 0.6) is 11.5 Å². The van der Waals surface area contributed by atoms with Crippen LogP contribution in [0.15, 0.2) is 69.9 Å². The zero-order valence-corrected chi connectivity index (χ0v) is 17.1. The molecule has 4 rings (SSSR count). The summed E-state index contributed by atoms with van der Waals surface area (Å²) in [6, 6.07) is 16.7. The zero-order valence-electron chi connectivity index (χ0n) is 16.4. The van der Waals surface area contributed by atoms with Gasteiger partial charge in [0.25, 0.3) is 0 Å². The first-order valence-electron chi connectivity index (χ1n) is 9.26. The van der Waals surface area contributed by atoms with Gasteiger partial charge in [-0.1, -0.05) is 35.9 Å². The Bertz CT molecular complexity index is 1280. The van der Waals surface area contributed by atoms with Crippen molar-refractivity contribution in [2.45, 2.75) is 13.5 Å². The quantitative estimate of drug-likeness (QED) is 0.385. The minimum Gasteiger partial charge on any atom is -0.496 e. The topological polar surface area (TPSA) is 48.7 Å². The maximum atomic E-state index is 13.9. The van der Waals surface area contributed by atoms with Crippen molar-refractivity contribution in [2.24, 2.45) is 0 Å². The molecular weight excluding hydrogens is 407 g/mol. The van der Waals surface area contributed by atoms with E-state index >= 15 is 0 Å². The SMILES string of the molecule is COc1ccccc1-c1c(C)oc2cc(OCc3c(F)cccc3Cl)ccc2c1=O. The van der Waals surface area contributed by atoms with E-state index in [0.717, 1.165) is 0 Å². The molecule has 4 nitrogen and oxygen atoms in total. The average molecular weight is 425 g/mol. The minimum atomic E-state index is -0.438. The van der Waals surface area contributed by atoms with Gasteiger partial charge in [0.1, 0.15) is 35.3 Å². The van der Waals surface area contributed by atoms with Crippen molar-refractivity contribution >= 4 is 22.6 Å². The molecule has 4 aromatic rings. The smallest absolute Gasteiger partial charge is 0.200 e. The number of hydrogen-bond donors (Lipinski definition) is 0. The van der Waals surface area contributed by atoms with Gasteiger partial charge in [-0.15, -0.1) is 0 Å². The van der Waals surface area contributed by atoms with E-state index < -0.39 is 5.82 Å². The summed E-state index contributed by atoms with van der Waals surface area (Å²) in [6.07, 6.45) is 0. The highest BCUT2D eigenvalue weighted by Gasteiger charge is 2.17. The van der Waals surface area contributed by atoms with Gasteiger partial charge in [-0.05, 0) is 37.3 Å². The summed E-state index contributed by atoms with van der Waals surface area (Å²) >= 11 is 6.04. The lowest BCUT2D eigenvalue weighted by atomic mass is 10.0. The van der Waals surface area contributed by atoms with Gasteiger partial charge in [0.15, 0.2) is 0 Å². The van der Waals surface area contributed by atoms with Gasteiger partial charge in [-0.3, -0.25) is 4.79 Å². The molecule has 152 valence electrons. The molecule has 0 saturated heterocycles. The molecule has 0 spiro atoms. The first kappa shape index (κ1) is 20.0. The number of fused-ring (bicyclic) bond motifs is 1. The van der Waals surface area contributed by atoms with Crippen LogP contribution in [-0.4, -0.2) is 7.11 Å². The fourth-order valence-electron chi connectivity index (χ4n) is 3.36. The van der Waals surface area contributed by atoms with Crippen LogP contribution in [-0.2, 0) is 6.61 Å². The molecule has 1 heterocycles. The normalized spacial score (nSPS) is 10.9. The van der Waals surface area contributed by atoms with E-state index in [0.29, 0.717) is 44.4 Å². The molecule has 0 amide bonds. The first-order valence-corrected chi connectivity index (χ1v) is 9.64. The van der Waals surface area contributed by atoms with Crippen LogP contribution in [0.2, 0.25) is 5.02 Å². The third-order valence-corrected chi connectivity index (χ3v) is 5.22. The number of para-hydroxylation sites is 1. The maximum Gasteiger partial charge on any atom is 0.200 e. The molecule has 0 saturated carbocycles. The predicted molar refractivity (Wildman–Crippen MR) is 115 cm³/mol. The summed E-state index contributed by atoms with van der Waals surface area (Å²) in [5.74, 6) is 1.06. The fraction of sp³-hybridized carbons (Fsp3) is 0.125. The largest absolute Gasteiger partial charge is 0.496 e. The monoisotopic (exact) mass is 424 g/mol. The van der Waals surface area contributed by atoms with E-state index in [1.165, 1.54) is 12.1 Å². The van der Waals surface area contributed by atoms with E-state index in [2.05, 4.69) is 0 Å². The number of benzene rings is 3. The fourth-order valence-corrected chi connectivity index (χ4v) is 3.58. The molecule has 0 atom stereocenters. The molecule has 0 aliphatic rings. The molecule has 0 N–H and O–H groups in total. The third kappa shape index (κ3) is 3.64. The van der Waals surface area contributed by atoms with Gasteiger partial charge in [0.05, 0.1) is 23.1 Å². The summed E-state index contributed by atoms with van der Waals surface area (Å²) in [6.45, 7) is 1.69. The molecule has 0 unspecified atom stereocenters. The molecule has 3 aromatic carbocycles. The molecule has 0 radical (unpaired) electrons. The second-order valence-corrected chi connectivity index (χ2v) is 7.12. The molecule has 0 bridgehead atoms. The summed E-state index contributed by atoms with van der Waals surface area (Å²) in [5.41, 5.74) is 1.60. The minimum absolute atomic E-state index is 0.0421. The molecule has 0 aliphatic heterocycles. The van der Waals surface area contributed by atoms with Gasteiger partial charge in [0, 0.05) is 17.2 Å². The Kier molecular flexibility index (Phi) is 5.46. The predicted octanol–water partition coefficient (Wildman–Crippen LogP) is 6.15. The van der Waals surface area contributed by atoms with Crippen LogP contribution in [0.25, 0.3) is 22.1 Å². The molecule has 0 fully saturated rings. The summed E-state index contributed by atoms with van der Waals surface area (Å²) in [5, 5.41) is 0.706. The lowest BCUT2D eigenvalue weighted by Gasteiger charge is -2.12. The Morgan fingerprint density at radius 1 is 1.07 bits per heavy atom. The van der Waals surface area contributed by atoms with Crippen LogP contribution in [0.3, 0.4) is 0 Å². The van der Waals surface area contributed by atoms with Crippen LogP contribution in [0, 0.1) is 12.7 Å². The van der Waals surface area contributed by atoms with Crippen molar-refractivity contribution < 1.29 is 18.3 Å². The van der Waals surface area contributed by atoms with Crippen LogP contribution < -0.4 is 14.9 Å². The highest BCUT2D eigenvalue weighted by Crippen LogP contribution is 2.32. The number of ether oxygens (including phenoxy) is 2. The Hall–Kier alpha value is -3.31. The first-order chi connectivity index (χ1) is 14.5. The van der Waals surface area contributed by atoms with E-state index in [1.54, 1.807) is 44.4 Å². The van der Waals surface area contributed by atoms with Crippen LogP contribution in [0.1, 0.15) is 11.3 Å². The van der Waals surface area contributed by atoms with E-state index in [4.69, 9.17) is 25.5 Å². The standard InChI is InChI=1S/C24H18ClFO4/c1-14-23(16-6-3-4-9-21(16)28-2)24(27)17-11-10-15(12-22(17)30-14)29-13-18-19(25)7-5-8-20(18)26/h3-12H,13H2,1-2H3. The van der Waals surface area contributed by atoms with Crippen LogP contribution >= 0.6 is 11.6 Å². The number of halogens is 2. The van der Waals surface area contributed by atoms with Crippen molar-refractivity contribution in [3.05, 3.63) is 93.1 Å². The molecule has 30 heavy (non-hydrogen) atoms. The summed E-state index contributed by atoms with van der Waals surface area (Å²) in [4.78, 5) is 13.2. The second kappa shape index (κ2) is 8.20. The number of rotatable bonds is 5. The van der Waals surface area contributed by atoms with Gasteiger partial charge < -0.3 is 13.9 Å². The average Bonchev–Trinajstić information content (AvgIpc) is 2.73. The van der Waals surface area contributed by atoms with Crippen molar-refractivity contribution in [3.8, 4) is 22.6 Å². The number of methoxy groups -OCH3 is 1. The lowest BCUT2D eigenvalue weighted by molar-refractivity contribution is 0.300. The zero-order chi connectivity index (χ0) is 21.3. The van der Waals surface area contributed by atoms with E-state index in [-0.39, 0.29) is 17.6 Å². The Labute approximate surface area is 177 Å². The second-order valence-electron chi connectivity index (χ2n) is 6.71. The van der Waals surface area contributed by atoms with Crippen molar-refractivity contribution in [3.63, 3.8) is 0 Å². The van der Waals surface area contributed by atoms with E-state index in [1.807, 2.05) is 18.2 Å². The molecular formula is C24H18ClFO4. The van der Waals surface area contributed by atoms with Crippen LogP contribution in [0.4, 0.5) is 4.39 Å². The van der Waals surface area contributed by atoms with E-state index in [9.17, 15) is 9.18 Å². The Morgan fingerprint density at radius 3 is 2.63 bits per heavy atom. The van der Waals surface area contributed by atoms with Crippen molar-refractivity contribution in [1.29, 1.82) is 0 Å². The Morgan fingerprint density at radius 2 is 1.87 bits per heavy atom. The highest BCUT2D eigenvalue weighted by atomic mass is 35.5. The van der Waals surface area contributed by atoms with Crippen molar-refractivity contribution in [2.75, 3.05) is 7.11 Å². The molecule has 6 heteroatoms. The summed E-state index contributed by atoms with van der Waals surface area (Å²) < 4.78 is 31.0. The van der Waals surface area contributed by atoms with Gasteiger partial charge in [-0.2, -0.15) is 0 Å². The maximum absolute atomic E-state index is 13.9. The van der Waals surface area contributed by atoms with Gasteiger partial charge in [-0.25, -0.2) is 4.39 Å². The third-order valence-electron chi connectivity index (χ3n) is 4.86. The molecule has 0 aliphatic carbocycles. The molecule has 1 aromatic heterocycles. The lowest BCUT2D eigenvalue weighted by Crippen LogP contribution is -2.08. The number of aryl methyl sites for hydroxylation is 1. The van der Waals surface area contributed by atoms with Gasteiger partial charge in [0.2, 0.25) is 5.43 Å². The summed E-state index contributed by atoms with van der Waals surface area (Å²) in [7, 11) is 1.56. The van der Waals surface area contributed by atoms with Gasteiger partial charge >= 0.3 is 0 Å². The van der Waals surface area contributed by atoms with Crippen molar-refractivity contribution in [1.82, 2.24) is 0 Å². The number of hydrogen-bond acceptors (Lipinski definition) is 4.